The molecule has 1 aromatic heterocycles. The molecule has 5 heteroatoms. The highest BCUT2D eigenvalue weighted by Crippen LogP contribution is 2.32. The minimum Gasteiger partial charge on any atom is -0.396 e. The van der Waals surface area contributed by atoms with Crippen LogP contribution in [0.25, 0.3) is 11.3 Å². The number of nitrogens with two attached hydrogens (primary N) is 1. The molecule has 0 aliphatic heterocycles. The Labute approximate surface area is 116 Å². The first-order valence-corrected chi connectivity index (χ1v) is 6.95. The minimum atomic E-state index is -0.507. The van der Waals surface area contributed by atoms with Crippen LogP contribution in [0.15, 0.2) is 24.4 Å². The predicted molar refractivity (Wildman–Crippen MR) is 74.1 cm³/mol. The maximum absolute atomic E-state index is 13.8. The van der Waals surface area contributed by atoms with Crippen LogP contribution in [0.1, 0.15) is 38.1 Å². The summed E-state index contributed by atoms with van der Waals surface area (Å²) in [6.45, 7) is 0. The molecular formula is C15H17F2N3. The van der Waals surface area contributed by atoms with Gasteiger partial charge >= 0.3 is 0 Å². The topological polar surface area (TPSA) is 43.8 Å². The van der Waals surface area contributed by atoms with E-state index in [0.717, 1.165) is 31.0 Å². The largest absolute Gasteiger partial charge is 0.396 e. The highest BCUT2D eigenvalue weighted by atomic mass is 19.1. The first kappa shape index (κ1) is 13.1. The van der Waals surface area contributed by atoms with Crippen LogP contribution in [0.4, 0.5) is 14.5 Å². The van der Waals surface area contributed by atoms with Crippen LogP contribution < -0.4 is 5.73 Å². The normalized spacial score (nSPS) is 16.5. The quantitative estimate of drug-likeness (QED) is 0.904. The Morgan fingerprint density at radius 2 is 1.90 bits per heavy atom. The van der Waals surface area contributed by atoms with Crippen molar-refractivity contribution in [3.05, 3.63) is 36.0 Å². The SMILES string of the molecule is Nc1cn(C2CCCCC2)nc1-c1cc(F)ccc1F. The zero-order valence-electron chi connectivity index (χ0n) is 11.1. The Morgan fingerprint density at radius 1 is 1.15 bits per heavy atom. The zero-order chi connectivity index (χ0) is 14.1. The maximum atomic E-state index is 13.8. The molecule has 0 atom stereocenters. The van der Waals surface area contributed by atoms with Gasteiger partial charge in [0.2, 0.25) is 0 Å². The highest BCUT2D eigenvalue weighted by molar-refractivity contribution is 5.72. The summed E-state index contributed by atoms with van der Waals surface area (Å²) in [5.74, 6) is -1.000. The second-order valence-electron chi connectivity index (χ2n) is 5.33. The van der Waals surface area contributed by atoms with Gasteiger partial charge in [-0.05, 0) is 31.0 Å². The number of anilines is 1. The molecule has 106 valence electrons. The monoisotopic (exact) mass is 277 g/mol. The van der Waals surface area contributed by atoms with Crippen LogP contribution in [0.2, 0.25) is 0 Å². The molecule has 1 aliphatic carbocycles. The summed E-state index contributed by atoms with van der Waals surface area (Å²) in [5.41, 5.74) is 6.76. The molecule has 0 amide bonds. The molecule has 1 saturated carbocycles. The molecule has 3 rings (SSSR count). The summed E-state index contributed by atoms with van der Waals surface area (Å²) in [6.07, 6.45) is 7.45. The van der Waals surface area contributed by atoms with E-state index in [0.29, 0.717) is 17.4 Å². The van der Waals surface area contributed by atoms with Crippen molar-refractivity contribution in [3.63, 3.8) is 0 Å². The number of aromatic nitrogens is 2. The Bertz CT molecular complexity index is 616. The molecule has 0 spiro atoms. The standard InChI is InChI=1S/C15H17F2N3/c16-10-6-7-13(17)12(8-10)15-14(18)9-20(19-15)11-4-2-1-3-5-11/h6-9,11H,1-5,18H2. The number of hydrogen-bond donors (Lipinski definition) is 1. The third-order valence-electron chi connectivity index (χ3n) is 3.89. The molecule has 3 nitrogen and oxygen atoms in total. The van der Waals surface area contributed by atoms with Crippen LogP contribution >= 0.6 is 0 Å². The molecule has 0 unspecified atom stereocenters. The molecule has 20 heavy (non-hydrogen) atoms. The molecule has 2 N–H and O–H groups in total. The number of benzene rings is 1. The molecule has 1 aliphatic rings. The Balaban J connectivity index is 1.98. The van der Waals surface area contributed by atoms with Crippen LogP contribution in [0.5, 0.6) is 0 Å². The van der Waals surface area contributed by atoms with Crippen molar-refractivity contribution in [1.82, 2.24) is 9.78 Å². The number of rotatable bonds is 2. The molecule has 0 bridgehead atoms. The van der Waals surface area contributed by atoms with Gasteiger partial charge in [0.05, 0.1) is 11.7 Å². The average Bonchev–Trinajstić information content (AvgIpc) is 2.84. The summed E-state index contributed by atoms with van der Waals surface area (Å²) in [6, 6.07) is 3.65. The van der Waals surface area contributed by atoms with Crippen LogP contribution in [0, 0.1) is 11.6 Å². The van der Waals surface area contributed by atoms with E-state index in [-0.39, 0.29) is 5.56 Å². The van der Waals surface area contributed by atoms with Crippen molar-refractivity contribution in [3.8, 4) is 11.3 Å². The lowest BCUT2D eigenvalue weighted by atomic mass is 9.96. The van der Waals surface area contributed by atoms with Crippen LogP contribution in [-0.4, -0.2) is 9.78 Å². The van der Waals surface area contributed by atoms with E-state index in [1.165, 1.54) is 19.3 Å². The molecule has 1 aromatic carbocycles. The molecule has 1 heterocycles. The number of nitrogens with zero attached hydrogens (tertiary/aromatic N) is 2. The fraction of sp³-hybridized carbons (Fsp3) is 0.400. The smallest absolute Gasteiger partial charge is 0.132 e. The van der Waals surface area contributed by atoms with Crippen LogP contribution in [-0.2, 0) is 0 Å². The Kier molecular flexibility index (Phi) is 3.42. The zero-order valence-corrected chi connectivity index (χ0v) is 11.1. The lowest BCUT2D eigenvalue weighted by Crippen LogP contribution is -2.13. The van der Waals surface area contributed by atoms with Gasteiger partial charge < -0.3 is 5.73 Å². The molecule has 0 saturated heterocycles. The fourth-order valence-electron chi connectivity index (χ4n) is 2.83. The third-order valence-corrected chi connectivity index (χ3v) is 3.89. The van der Waals surface area contributed by atoms with Gasteiger partial charge in [-0.1, -0.05) is 19.3 Å². The number of hydrogen-bond acceptors (Lipinski definition) is 2. The van der Waals surface area contributed by atoms with Crippen molar-refractivity contribution >= 4 is 5.69 Å². The second-order valence-corrected chi connectivity index (χ2v) is 5.33. The van der Waals surface area contributed by atoms with Gasteiger partial charge in [-0.3, -0.25) is 4.68 Å². The van der Waals surface area contributed by atoms with Crippen molar-refractivity contribution in [2.45, 2.75) is 38.1 Å². The summed E-state index contributed by atoms with van der Waals surface area (Å²) in [7, 11) is 0. The van der Waals surface area contributed by atoms with E-state index < -0.39 is 11.6 Å². The first-order chi connectivity index (χ1) is 9.65. The number of halogens is 2. The fourth-order valence-corrected chi connectivity index (χ4v) is 2.83. The van der Waals surface area contributed by atoms with E-state index in [2.05, 4.69) is 5.10 Å². The Hall–Kier alpha value is -1.91. The predicted octanol–water partition coefficient (Wildman–Crippen LogP) is 3.92. The van der Waals surface area contributed by atoms with Gasteiger partial charge in [-0.15, -0.1) is 0 Å². The number of nitrogen functional groups attached to an aromatic ring is 1. The summed E-state index contributed by atoms with van der Waals surface area (Å²) in [5, 5.41) is 4.39. The van der Waals surface area contributed by atoms with E-state index in [4.69, 9.17) is 5.73 Å². The van der Waals surface area contributed by atoms with Gasteiger partial charge in [-0.25, -0.2) is 8.78 Å². The van der Waals surface area contributed by atoms with Crippen molar-refractivity contribution in [2.24, 2.45) is 0 Å². The van der Waals surface area contributed by atoms with E-state index in [1.54, 1.807) is 6.20 Å². The van der Waals surface area contributed by atoms with E-state index in [1.807, 2.05) is 4.68 Å². The van der Waals surface area contributed by atoms with Crippen molar-refractivity contribution in [1.29, 1.82) is 0 Å². The average molecular weight is 277 g/mol. The maximum Gasteiger partial charge on any atom is 0.132 e. The second kappa shape index (κ2) is 5.23. The first-order valence-electron chi connectivity index (χ1n) is 6.95. The Morgan fingerprint density at radius 3 is 2.65 bits per heavy atom. The summed E-state index contributed by atoms with van der Waals surface area (Å²) < 4.78 is 28.9. The lowest BCUT2D eigenvalue weighted by molar-refractivity contribution is 0.330. The van der Waals surface area contributed by atoms with Gasteiger partial charge in [0, 0.05) is 11.8 Å². The van der Waals surface area contributed by atoms with E-state index in [9.17, 15) is 8.78 Å². The molecule has 0 radical (unpaired) electrons. The van der Waals surface area contributed by atoms with Gasteiger partial charge in [0.1, 0.15) is 17.3 Å². The molecular weight excluding hydrogens is 260 g/mol. The minimum absolute atomic E-state index is 0.122. The third kappa shape index (κ3) is 2.40. The van der Waals surface area contributed by atoms with Crippen LogP contribution in [0.3, 0.4) is 0 Å². The molecule has 2 aromatic rings. The van der Waals surface area contributed by atoms with Crippen molar-refractivity contribution in [2.75, 3.05) is 5.73 Å². The summed E-state index contributed by atoms with van der Waals surface area (Å²) in [4.78, 5) is 0. The van der Waals surface area contributed by atoms with Gasteiger partial charge in [0.25, 0.3) is 0 Å². The van der Waals surface area contributed by atoms with Gasteiger partial charge in [0.15, 0.2) is 0 Å². The molecule has 1 fully saturated rings. The lowest BCUT2D eigenvalue weighted by Gasteiger charge is -2.21. The van der Waals surface area contributed by atoms with E-state index >= 15 is 0 Å². The highest BCUT2D eigenvalue weighted by Gasteiger charge is 2.20. The van der Waals surface area contributed by atoms with Gasteiger partial charge in [-0.2, -0.15) is 5.10 Å². The van der Waals surface area contributed by atoms with Crippen molar-refractivity contribution < 1.29 is 8.78 Å². The summed E-state index contributed by atoms with van der Waals surface area (Å²) >= 11 is 0.